The number of rotatable bonds is 7. The SMILES string of the molecule is COc1cc(I)c(C(=O)NCCCN2CCCCCC2)cc1OC. The number of nitrogens with one attached hydrogen (secondary N) is 1. The monoisotopic (exact) mass is 446 g/mol. The van der Waals surface area contributed by atoms with Crippen molar-refractivity contribution in [2.45, 2.75) is 32.1 Å². The molecule has 1 N–H and O–H groups in total. The second-order valence-corrected chi connectivity index (χ2v) is 7.21. The minimum absolute atomic E-state index is 0.0591. The van der Waals surface area contributed by atoms with Gasteiger partial charge in [-0.25, -0.2) is 0 Å². The number of hydrogen-bond donors (Lipinski definition) is 1. The van der Waals surface area contributed by atoms with Crippen molar-refractivity contribution in [1.29, 1.82) is 0 Å². The first-order valence-electron chi connectivity index (χ1n) is 8.57. The first-order chi connectivity index (χ1) is 11.7. The molecule has 0 spiro atoms. The molecule has 1 aromatic carbocycles. The molecule has 0 radical (unpaired) electrons. The van der Waals surface area contributed by atoms with E-state index in [0.717, 1.165) is 16.5 Å². The summed E-state index contributed by atoms with van der Waals surface area (Å²) in [7, 11) is 3.17. The molecular weight excluding hydrogens is 419 g/mol. The number of carbonyl (C=O) groups excluding carboxylic acids is 1. The van der Waals surface area contributed by atoms with Crippen molar-refractivity contribution in [3.63, 3.8) is 0 Å². The van der Waals surface area contributed by atoms with Gasteiger partial charge in [0.1, 0.15) is 0 Å². The zero-order valence-corrected chi connectivity index (χ0v) is 16.7. The Kier molecular flexibility index (Phi) is 8.11. The third-order valence-corrected chi connectivity index (χ3v) is 5.25. The van der Waals surface area contributed by atoms with Gasteiger partial charge in [0.2, 0.25) is 0 Å². The molecule has 2 rings (SSSR count). The van der Waals surface area contributed by atoms with E-state index in [9.17, 15) is 4.79 Å². The van der Waals surface area contributed by atoms with Crippen LogP contribution < -0.4 is 14.8 Å². The van der Waals surface area contributed by atoms with Gasteiger partial charge in [-0.2, -0.15) is 0 Å². The fourth-order valence-corrected chi connectivity index (χ4v) is 3.67. The van der Waals surface area contributed by atoms with E-state index in [0.29, 0.717) is 23.6 Å². The van der Waals surface area contributed by atoms with Crippen LogP contribution in [-0.2, 0) is 0 Å². The van der Waals surface area contributed by atoms with E-state index in [1.165, 1.54) is 38.8 Å². The van der Waals surface area contributed by atoms with Gasteiger partial charge in [0, 0.05) is 10.1 Å². The summed E-state index contributed by atoms with van der Waals surface area (Å²) in [4.78, 5) is 14.9. The van der Waals surface area contributed by atoms with Gasteiger partial charge in [0.15, 0.2) is 11.5 Å². The summed E-state index contributed by atoms with van der Waals surface area (Å²) in [5, 5.41) is 3.02. The van der Waals surface area contributed by atoms with Gasteiger partial charge in [-0.05, 0) is 73.6 Å². The van der Waals surface area contributed by atoms with E-state index in [2.05, 4.69) is 32.8 Å². The summed E-state index contributed by atoms with van der Waals surface area (Å²) >= 11 is 2.15. The fraction of sp³-hybridized carbons (Fsp3) is 0.611. The molecule has 0 atom stereocenters. The van der Waals surface area contributed by atoms with Crippen molar-refractivity contribution >= 4 is 28.5 Å². The maximum atomic E-state index is 12.4. The Morgan fingerprint density at radius 2 is 1.75 bits per heavy atom. The molecule has 0 aromatic heterocycles. The Bertz CT molecular complexity index is 543. The molecule has 1 aliphatic heterocycles. The quantitative estimate of drug-likeness (QED) is 0.516. The summed E-state index contributed by atoms with van der Waals surface area (Å²) in [5.74, 6) is 1.16. The molecule has 0 bridgehead atoms. The van der Waals surface area contributed by atoms with Gasteiger partial charge < -0.3 is 19.7 Å². The lowest BCUT2D eigenvalue weighted by atomic mass is 10.2. The summed E-state index contributed by atoms with van der Waals surface area (Å²) in [6, 6.07) is 3.57. The van der Waals surface area contributed by atoms with Crippen molar-refractivity contribution in [2.24, 2.45) is 0 Å². The van der Waals surface area contributed by atoms with E-state index in [1.807, 2.05) is 6.07 Å². The number of halogens is 1. The topological polar surface area (TPSA) is 50.8 Å². The summed E-state index contributed by atoms with van der Waals surface area (Å²) in [6.07, 6.45) is 6.29. The predicted molar refractivity (Wildman–Crippen MR) is 104 cm³/mol. The maximum Gasteiger partial charge on any atom is 0.252 e. The molecule has 1 aliphatic rings. The number of methoxy groups -OCH3 is 2. The molecule has 1 fully saturated rings. The second-order valence-electron chi connectivity index (χ2n) is 6.05. The van der Waals surface area contributed by atoms with Crippen molar-refractivity contribution in [3.8, 4) is 11.5 Å². The Labute approximate surface area is 158 Å². The van der Waals surface area contributed by atoms with E-state index < -0.39 is 0 Å². The van der Waals surface area contributed by atoms with E-state index in [4.69, 9.17) is 9.47 Å². The molecule has 1 saturated heterocycles. The van der Waals surface area contributed by atoms with Gasteiger partial charge in [-0.15, -0.1) is 0 Å². The van der Waals surface area contributed by atoms with Crippen LogP contribution in [0, 0.1) is 3.57 Å². The largest absolute Gasteiger partial charge is 0.493 e. The van der Waals surface area contributed by atoms with Crippen molar-refractivity contribution in [2.75, 3.05) is 40.4 Å². The van der Waals surface area contributed by atoms with Crippen LogP contribution in [0.15, 0.2) is 12.1 Å². The van der Waals surface area contributed by atoms with Gasteiger partial charge >= 0.3 is 0 Å². The van der Waals surface area contributed by atoms with Crippen LogP contribution in [0.25, 0.3) is 0 Å². The van der Waals surface area contributed by atoms with Crippen LogP contribution in [0.2, 0.25) is 0 Å². The zero-order chi connectivity index (χ0) is 17.4. The predicted octanol–water partition coefficient (Wildman–Crippen LogP) is 3.30. The minimum Gasteiger partial charge on any atom is -0.493 e. The molecule has 1 amide bonds. The number of amides is 1. The van der Waals surface area contributed by atoms with Crippen LogP contribution in [-0.4, -0.2) is 51.2 Å². The average molecular weight is 446 g/mol. The number of likely N-dealkylation sites (tertiary alicyclic amines) is 1. The lowest BCUT2D eigenvalue weighted by Crippen LogP contribution is -2.31. The van der Waals surface area contributed by atoms with E-state index in [1.54, 1.807) is 20.3 Å². The Morgan fingerprint density at radius 3 is 2.38 bits per heavy atom. The van der Waals surface area contributed by atoms with Gasteiger partial charge in [0.25, 0.3) is 5.91 Å². The highest BCUT2D eigenvalue weighted by atomic mass is 127. The molecule has 0 unspecified atom stereocenters. The molecule has 5 nitrogen and oxygen atoms in total. The number of nitrogens with zero attached hydrogens (tertiary/aromatic N) is 1. The lowest BCUT2D eigenvalue weighted by molar-refractivity contribution is 0.0950. The number of benzene rings is 1. The average Bonchev–Trinajstić information content (AvgIpc) is 2.87. The Morgan fingerprint density at radius 1 is 1.12 bits per heavy atom. The highest BCUT2D eigenvalue weighted by Crippen LogP contribution is 2.31. The number of hydrogen-bond acceptors (Lipinski definition) is 4. The van der Waals surface area contributed by atoms with Crippen LogP contribution in [0.5, 0.6) is 11.5 Å². The normalized spacial score (nSPS) is 15.6. The Balaban J connectivity index is 1.83. The second kappa shape index (κ2) is 10.1. The minimum atomic E-state index is -0.0591. The maximum absolute atomic E-state index is 12.4. The van der Waals surface area contributed by atoms with Gasteiger partial charge in [-0.1, -0.05) is 12.8 Å². The molecule has 6 heteroatoms. The van der Waals surface area contributed by atoms with Crippen LogP contribution in [0.4, 0.5) is 0 Å². The molecule has 134 valence electrons. The molecule has 1 aromatic rings. The molecule has 24 heavy (non-hydrogen) atoms. The van der Waals surface area contributed by atoms with Crippen molar-refractivity contribution < 1.29 is 14.3 Å². The fourth-order valence-electron chi connectivity index (χ4n) is 2.99. The summed E-state index contributed by atoms with van der Waals surface area (Å²) in [5.41, 5.74) is 0.628. The lowest BCUT2D eigenvalue weighted by Gasteiger charge is -2.19. The smallest absolute Gasteiger partial charge is 0.252 e. The Hall–Kier alpha value is -1.02. The molecule has 0 saturated carbocycles. The molecular formula is C18H27IN2O3. The van der Waals surface area contributed by atoms with E-state index >= 15 is 0 Å². The highest BCUT2D eigenvalue weighted by molar-refractivity contribution is 14.1. The third kappa shape index (κ3) is 5.51. The van der Waals surface area contributed by atoms with Crippen LogP contribution in [0.1, 0.15) is 42.5 Å². The first kappa shape index (κ1) is 19.3. The number of carbonyl (C=O) groups is 1. The molecule has 1 heterocycles. The summed E-state index contributed by atoms with van der Waals surface area (Å²) < 4.78 is 11.4. The van der Waals surface area contributed by atoms with Crippen LogP contribution >= 0.6 is 22.6 Å². The first-order valence-corrected chi connectivity index (χ1v) is 9.65. The standard InChI is InChI=1S/C18H27IN2O3/c1-23-16-12-14(15(19)13-17(16)24-2)18(22)20-8-7-11-21-9-5-3-4-6-10-21/h12-13H,3-11H2,1-2H3,(H,20,22). The molecule has 0 aliphatic carbocycles. The van der Waals surface area contributed by atoms with Gasteiger partial charge in [-0.3, -0.25) is 4.79 Å². The van der Waals surface area contributed by atoms with E-state index in [-0.39, 0.29) is 5.91 Å². The van der Waals surface area contributed by atoms with Crippen LogP contribution in [0.3, 0.4) is 0 Å². The van der Waals surface area contributed by atoms with Gasteiger partial charge in [0.05, 0.1) is 19.8 Å². The highest BCUT2D eigenvalue weighted by Gasteiger charge is 2.15. The zero-order valence-electron chi connectivity index (χ0n) is 14.6. The number of ether oxygens (including phenoxy) is 2. The third-order valence-electron chi connectivity index (χ3n) is 4.35. The van der Waals surface area contributed by atoms with Crippen molar-refractivity contribution in [1.82, 2.24) is 10.2 Å². The summed E-state index contributed by atoms with van der Waals surface area (Å²) in [6.45, 7) is 4.14. The van der Waals surface area contributed by atoms with Crippen molar-refractivity contribution in [3.05, 3.63) is 21.3 Å².